The summed E-state index contributed by atoms with van der Waals surface area (Å²) >= 11 is 3.19. The van der Waals surface area contributed by atoms with Crippen molar-refractivity contribution in [1.29, 1.82) is 0 Å². The molecule has 0 radical (unpaired) electrons. The minimum atomic E-state index is -0.897. The van der Waals surface area contributed by atoms with E-state index in [1.807, 2.05) is 20.8 Å². The second-order valence-corrected chi connectivity index (χ2v) is 6.26. The van der Waals surface area contributed by atoms with Crippen LogP contribution in [0.2, 0.25) is 0 Å². The first-order chi connectivity index (χ1) is 8.64. The Morgan fingerprint density at radius 2 is 2.05 bits per heavy atom. The summed E-state index contributed by atoms with van der Waals surface area (Å²) in [6, 6.07) is 4.67. The first-order valence-electron chi connectivity index (χ1n) is 5.79. The molecule has 0 heterocycles. The molecule has 0 aliphatic carbocycles. The van der Waals surface area contributed by atoms with Crippen LogP contribution in [-0.2, 0) is 11.2 Å². The van der Waals surface area contributed by atoms with Crippen molar-refractivity contribution in [3.8, 4) is 0 Å². The SMILES string of the molecule is CC(C)(C)C(Cc1cccc([N+](=O)[O-])c1Br)C(=O)O. The number of halogens is 1. The molecule has 0 saturated heterocycles. The summed E-state index contributed by atoms with van der Waals surface area (Å²) in [5, 5.41) is 20.1. The van der Waals surface area contributed by atoms with Crippen molar-refractivity contribution in [2.24, 2.45) is 11.3 Å². The van der Waals surface area contributed by atoms with Crippen molar-refractivity contribution in [2.75, 3.05) is 0 Å². The van der Waals surface area contributed by atoms with E-state index >= 15 is 0 Å². The van der Waals surface area contributed by atoms with E-state index in [-0.39, 0.29) is 12.1 Å². The highest BCUT2D eigenvalue weighted by atomic mass is 79.9. The summed E-state index contributed by atoms with van der Waals surface area (Å²) in [5.74, 6) is -1.50. The second kappa shape index (κ2) is 5.69. The monoisotopic (exact) mass is 329 g/mol. The maximum Gasteiger partial charge on any atom is 0.307 e. The molecule has 1 aromatic rings. The third kappa shape index (κ3) is 3.76. The Hall–Kier alpha value is -1.43. The molecule has 0 fully saturated rings. The number of carbonyl (C=O) groups is 1. The highest BCUT2D eigenvalue weighted by Crippen LogP contribution is 2.34. The van der Waals surface area contributed by atoms with Gasteiger partial charge in [-0.3, -0.25) is 14.9 Å². The van der Waals surface area contributed by atoms with Gasteiger partial charge >= 0.3 is 5.97 Å². The standard InChI is InChI=1S/C13H16BrNO4/c1-13(2,3)9(12(16)17)7-8-5-4-6-10(11(8)14)15(18)19/h4-6,9H,7H2,1-3H3,(H,16,17). The molecule has 1 N–H and O–H groups in total. The lowest BCUT2D eigenvalue weighted by Crippen LogP contribution is -2.30. The Labute approximate surface area is 119 Å². The van der Waals surface area contributed by atoms with Gasteiger partial charge in [-0.2, -0.15) is 0 Å². The smallest absolute Gasteiger partial charge is 0.307 e. The van der Waals surface area contributed by atoms with E-state index in [2.05, 4.69) is 15.9 Å². The Morgan fingerprint density at radius 1 is 1.47 bits per heavy atom. The van der Waals surface area contributed by atoms with Gasteiger partial charge in [0.2, 0.25) is 0 Å². The van der Waals surface area contributed by atoms with Gasteiger partial charge in [-0.15, -0.1) is 0 Å². The van der Waals surface area contributed by atoms with Crippen molar-refractivity contribution in [2.45, 2.75) is 27.2 Å². The third-order valence-corrected chi connectivity index (χ3v) is 3.94. The number of hydrogen-bond donors (Lipinski definition) is 1. The normalized spacial score (nSPS) is 13.1. The Kier molecular flexibility index (Phi) is 4.68. The molecule has 1 atom stereocenters. The van der Waals surface area contributed by atoms with E-state index in [0.29, 0.717) is 10.0 Å². The zero-order chi connectivity index (χ0) is 14.8. The van der Waals surface area contributed by atoms with Crippen LogP contribution in [0.1, 0.15) is 26.3 Å². The van der Waals surface area contributed by atoms with Crippen LogP contribution >= 0.6 is 15.9 Å². The number of nitrogens with zero attached hydrogens (tertiary/aromatic N) is 1. The predicted octanol–water partition coefficient (Wildman–Crippen LogP) is 3.65. The van der Waals surface area contributed by atoms with Crippen LogP contribution in [0.3, 0.4) is 0 Å². The van der Waals surface area contributed by atoms with E-state index in [1.54, 1.807) is 12.1 Å². The van der Waals surface area contributed by atoms with Crippen LogP contribution in [0.15, 0.2) is 22.7 Å². The Morgan fingerprint density at radius 3 is 2.47 bits per heavy atom. The van der Waals surface area contributed by atoms with Gasteiger partial charge in [0.1, 0.15) is 0 Å². The summed E-state index contributed by atoms with van der Waals surface area (Å²) in [6.45, 7) is 5.53. The van der Waals surface area contributed by atoms with E-state index in [0.717, 1.165) is 0 Å². The fourth-order valence-electron chi connectivity index (χ4n) is 1.85. The molecule has 1 aromatic carbocycles. The Balaban J connectivity index is 3.15. The number of nitro benzene ring substituents is 1. The maximum atomic E-state index is 11.3. The van der Waals surface area contributed by atoms with Crippen molar-refractivity contribution in [3.63, 3.8) is 0 Å². The van der Waals surface area contributed by atoms with Gasteiger partial charge in [0.25, 0.3) is 5.69 Å². The minimum Gasteiger partial charge on any atom is -0.481 e. The van der Waals surface area contributed by atoms with Crippen LogP contribution in [0.25, 0.3) is 0 Å². The Bertz CT molecular complexity index is 508. The quantitative estimate of drug-likeness (QED) is 0.675. The number of hydrogen-bond acceptors (Lipinski definition) is 3. The summed E-state index contributed by atoms with van der Waals surface area (Å²) in [6.07, 6.45) is 0.251. The molecular weight excluding hydrogens is 314 g/mol. The summed E-state index contributed by atoms with van der Waals surface area (Å²) in [5.41, 5.74) is 0.169. The van der Waals surface area contributed by atoms with E-state index in [9.17, 15) is 20.0 Å². The number of benzene rings is 1. The summed E-state index contributed by atoms with van der Waals surface area (Å²) in [7, 11) is 0. The lowest BCUT2D eigenvalue weighted by Gasteiger charge is -2.27. The largest absolute Gasteiger partial charge is 0.481 e. The van der Waals surface area contributed by atoms with Crippen molar-refractivity contribution in [1.82, 2.24) is 0 Å². The molecule has 0 aliphatic heterocycles. The molecule has 104 valence electrons. The molecule has 19 heavy (non-hydrogen) atoms. The third-order valence-electron chi connectivity index (χ3n) is 3.02. The molecule has 1 unspecified atom stereocenters. The second-order valence-electron chi connectivity index (χ2n) is 5.47. The van der Waals surface area contributed by atoms with Crippen LogP contribution < -0.4 is 0 Å². The van der Waals surface area contributed by atoms with Crippen LogP contribution in [-0.4, -0.2) is 16.0 Å². The van der Waals surface area contributed by atoms with E-state index < -0.39 is 22.2 Å². The molecule has 6 heteroatoms. The van der Waals surface area contributed by atoms with Gasteiger partial charge < -0.3 is 5.11 Å². The average Bonchev–Trinajstić information content (AvgIpc) is 2.24. The maximum absolute atomic E-state index is 11.3. The lowest BCUT2D eigenvalue weighted by atomic mass is 9.77. The van der Waals surface area contributed by atoms with Crippen LogP contribution in [0, 0.1) is 21.4 Å². The highest BCUT2D eigenvalue weighted by molar-refractivity contribution is 9.10. The topological polar surface area (TPSA) is 80.4 Å². The molecule has 1 rings (SSSR count). The zero-order valence-electron chi connectivity index (χ0n) is 11.0. The van der Waals surface area contributed by atoms with Gasteiger partial charge in [0, 0.05) is 6.07 Å². The molecule has 0 saturated carbocycles. The first kappa shape index (κ1) is 15.6. The van der Waals surface area contributed by atoms with E-state index in [4.69, 9.17) is 0 Å². The first-order valence-corrected chi connectivity index (χ1v) is 6.58. The number of nitro groups is 1. The van der Waals surface area contributed by atoms with E-state index in [1.165, 1.54) is 6.07 Å². The van der Waals surface area contributed by atoms with Crippen molar-refractivity contribution < 1.29 is 14.8 Å². The molecule has 0 spiro atoms. The minimum absolute atomic E-state index is 0.0458. The van der Waals surface area contributed by atoms with Gasteiger partial charge in [0.05, 0.1) is 15.3 Å². The van der Waals surface area contributed by atoms with Gasteiger partial charge in [-0.05, 0) is 33.3 Å². The predicted molar refractivity (Wildman–Crippen MR) is 75.1 cm³/mol. The fourth-order valence-corrected chi connectivity index (χ4v) is 2.42. The molecule has 0 aliphatic rings. The average molecular weight is 330 g/mol. The molecule has 5 nitrogen and oxygen atoms in total. The van der Waals surface area contributed by atoms with Crippen LogP contribution in [0.5, 0.6) is 0 Å². The van der Waals surface area contributed by atoms with Gasteiger partial charge in [0.15, 0.2) is 0 Å². The lowest BCUT2D eigenvalue weighted by molar-refractivity contribution is -0.385. The zero-order valence-corrected chi connectivity index (χ0v) is 12.6. The number of aliphatic carboxylic acids is 1. The van der Waals surface area contributed by atoms with Gasteiger partial charge in [-0.1, -0.05) is 32.9 Å². The highest BCUT2D eigenvalue weighted by Gasteiger charge is 2.32. The fraction of sp³-hybridized carbons (Fsp3) is 0.462. The van der Waals surface area contributed by atoms with Gasteiger partial charge in [-0.25, -0.2) is 0 Å². The number of carboxylic acid groups (broad SMARTS) is 1. The molecule has 0 amide bonds. The molecular formula is C13H16BrNO4. The molecule has 0 aromatic heterocycles. The molecule has 0 bridgehead atoms. The summed E-state index contributed by atoms with van der Waals surface area (Å²) in [4.78, 5) is 21.7. The number of rotatable bonds is 4. The summed E-state index contributed by atoms with van der Waals surface area (Å²) < 4.78 is 0.357. The van der Waals surface area contributed by atoms with Crippen molar-refractivity contribution >= 4 is 27.6 Å². The van der Waals surface area contributed by atoms with Crippen LogP contribution in [0.4, 0.5) is 5.69 Å². The van der Waals surface area contributed by atoms with Crippen molar-refractivity contribution in [3.05, 3.63) is 38.3 Å². The number of carboxylic acids is 1.